The van der Waals surface area contributed by atoms with Gasteiger partial charge in [0.15, 0.2) is 0 Å². The maximum absolute atomic E-state index is 13.5. The number of nitrogens with two attached hydrogens (primary N) is 1. The summed E-state index contributed by atoms with van der Waals surface area (Å²) in [6.07, 6.45) is 3.07. The predicted molar refractivity (Wildman–Crippen MR) is 80.6 cm³/mol. The van der Waals surface area contributed by atoms with Gasteiger partial charge in [-0.25, -0.2) is 4.39 Å². The molecular weight excluding hydrogens is 255 g/mol. The minimum Gasteiger partial charge on any atom is -0.384 e. The summed E-state index contributed by atoms with van der Waals surface area (Å²) < 4.78 is 18.8. The third-order valence-electron chi connectivity index (χ3n) is 3.85. The van der Waals surface area contributed by atoms with E-state index in [0.29, 0.717) is 12.3 Å². The third kappa shape index (κ3) is 3.93. The van der Waals surface area contributed by atoms with Gasteiger partial charge in [-0.15, -0.1) is 0 Å². The SMILES string of the molecule is COCC1CCCN(c2ccc(F)cc2CC(C)N)C1. The highest BCUT2D eigenvalue weighted by Crippen LogP contribution is 2.28. The first-order valence-electron chi connectivity index (χ1n) is 7.38. The van der Waals surface area contributed by atoms with E-state index in [1.165, 1.54) is 6.42 Å². The van der Waals surface area contributed by atoms with Crippen molar-refractivity contribution >= 4 is 5.69 Å². The number of ether oxygens (including phenoxy) is 1. The van der Waals surface area contributed by atoms with Crippen molar-refractivity contribution in [2.75, 3.05) is 31.7 Å². The van der Waals surface area contributed by atoms with E-state index in [4.69, 9.17) is 10.5 Å². The molecule has 1 heterocycles. The Hall–Kier alpha value is -1.13. The molecule has 1 aliphatic heterocycles. The molecule has 2 atom stereocenters. The number of methoxy groups -OCH3 is 1. The summed E-state index contributed by atoms with van der Waals surface area (Å²) in [6.45, 7) is 4.75. The van der Waals surface area contributed by atoms with Crippen molar-refractivity contribution < 1.29 is 9.13 Å². The standard InChI is InChI=1S/C16H25FN2O/c1-12(18)8-14-9-15(17)5-6-16(14)19-7-3-4-13(10-19)11-20-2/h5-6,9,12-13H,3-4,7-8,10-11,18H2,1-2H3. The molecule has 1 fully saturated rings. The van der Waals surface area contributed by atoms with Gasteiger partial charge in [-0.1, -0.05) is 0 Å². The maximum atomic E-state index is 13.5. The monoisotopic (exact) mass is 280 g/mol. The molecule has 2 unspecified atom stereocenters. The van der Waals surface area contributed by atoms with Crippen LogP contribution in [0.15, 0.2) is 18.2 Å². The summed E-state index contributed by atoms with van der Waals surface area (Å²) in [5.41, 5.74) is 8.03. The van der Waals surface area contributed by atoms with Crippen LogP contribution in [0.4, 0.5) is 10.1 Å². The largest absolute Gasteiger partial charge is 0.384 e. The number of nitrogens with zero attached hydrogens (tertiary/aromatic N) is 1. The normalized spacial score (nSPS) is 21.0. The zero-order valence-corrected chi connectivity index (χ0v) is 12.4. The van der Waals surface area contributed by atoms with E-state index in [-0.39, 0.29) is 11.9 Å². The van der Waals surface area contributed by atoms with Crippen LogP contribution < -0.4 is 10.6 Å². The fourth-order valence-electron chi connectivity index (χ4n) is 3.03. The number of benzene rings is 1. The molecular formula is C16H25FN2O. The van der Waals surface area contributed by atoms with Crippen molar-refractivity contribution in [1.82, 2.24) is 0 Å². The molecule has 0 aromatic heterocycles. The highest BCUT2D eigenvalue weighted by Gasteiger charge is 2.22. The molecule has 0 bridgehead atoms. The average Bonchev–Trinajstić information content (AvgIpc) is 2.39. The predicted octanol–water partition coefficient (Wildman–Crippen LogP) is 2.58. The smallest absolute Gasteiger partial charge is 0.123 e. The zero-order chi connectivity index (χ0) is 14.5. The summed E-state index contributed by atoms with van der Waals surface area (Å²) in [4.78, 5) is 2.35. The number of rotatable bonds is 5. The summed E-state index contributed by atoms with van der Waals surface area (Å²) >= 11 is 0. The minimum absolute atomic E-state index is 0.0371. The van der Waals surface area contributed by atoms with Crippen molar-refractivity contribution in [3.63, 3.8) is 0 Å². The van der Waals surface area contributed by atoms with E-state index in [2.05, 4.69) is 4.90 Å². The Bertz CT molecular complexity index is 434. The van der Waals surface area contributed by atoms with E-state index in [0.717, 1.165) is 37.4 Å². The Morgan fingerprint density at radius 3 is 3.00 bits per heavy atom. The molecule has 1 aliphatic rings. The molecule has 1 aromatic carbocycles. The van der Waals surface area contributed by atoms with Crippen molar-refractivity contribution in [1.29, 1.82) is 0 Å². The van der Waals surface area contributed by atoms with Crippen molar-refractivity contribution in [3.05, 3.63) is 29.6 Å². The molecule has 0 spiro atoms. The molecule has 0 saturated carbocycles. The molecule has 1 aromatic rings. The van der Waals surface area contributed by atoms with E-state index in [9.17, 15) is 4.39 Å². The lowest BCUT2D eigenvalue weighted by Crippen LogP contribution is -2.38. The fraction of sp³-hybridized carbons (Fsp3) is 0.625. The van der Waals surface area contributed by atoms with E-state index >= 15 is 0 Å². The number of hydrogen-bond acceptors (Lipinski definition) is 3. The fourth-order valence-corrected chi connectivity index (χ4v) is 3.03. The van der Waals surface area contributed by atoms with E-state index in [1.54, 1.807) is 19.2 Å². The van der Waals surface area contributed by atoms with Gasteiger partial charge in [0.2, 0.25) is 0 Å². The number of anilines is 1. The topological polar surface area (TPSA) is 38.5 Å². The van der Waals surface area contributed by atoms with Gasteiger partial charge in [0.25, 0.3) is 0 Å². The molecule has 0 amide bonds. The van der Waals surface area contributed by atoms with Crippen LogP contribution in [0.5, 0.6) is 0 Å². The number of piperidine rings is 1. The van der Waals surface area contributed by atoms with Gasteiger partial charge in [-0.2, -0.15) is 0 Å². The van der Waals surface area contributed by atoms with Crippen molar-refractivity contribution in [2.24, 2.45) is 11.7 Å². The lowest BCUT2D eigenvalue weighted by Gasteiger charge is -2.35. The quantitative estimate of drug-likeness (QED) is 0.901. The molecule has 2 rings (SSSR count). The van der Waals surface area contributed by atoms with Crippen molar-refractivity contribution in [2.45, 2.75) is 32.2 Å². The average molecular weight is 280 g/mol. The summed E-state index contributed by atoms with van der Waals surface area (Å²) in [5.74, 6) is 0.372. The van der Waals surface area contributed by atoms with E-state index < -0.39 is 0 Å². The van der Waals surface area contributed by atoms with Crippen molar-refractivity contribution in [3.8, 4) is 0 Å². The highest BCUT2D eigenvalue weighted by atomic mass is 19.1. The molecule has 0 radical (unpaired) electrons. The van der Waals surface area contributed by atoms with Gasteiger partial charge in [0.05, 0.1) is 6.61 Å². The summed E-state index contributed by atoms with van der Waals surface area (Å²) in [6, 6.07) is 5.09. The number of hydrogen-bond donors (Lipinski definition) is 1. The molecule has 20 heavy (non-hydrogen) atoms. The molecule has 2 N–H and O–H groups in total. The lowest BCUT2D eigenvalue weighted by molar-refractivity contribution is 0.143. The first kappa shape index (κ1) is 15.3. The van der Waals surface area contributed by atoms with Crippen LogP contribution in [0, 0.1) is 11.7 Å². The van der Waals surface area contributed by atoms with Crippen LogP contribution in [0.25, 0.3) is 0 Å². The molecule has 112 valence electrons. The molecule has 3 nitrogen and oxygen atoms in total. The Balaban J connectivity index is 2.18. The lowest BCUT2D eigenvalue weighted by atomic mass is 9.96. The second kappa shape index (κ2) is 7.04. The van der Waals surface area contributed by atoms with Crippen LogP contribution in [0.2, 0.25) is 0 Å². The highest BCUT2D eigenvalue weighted by molar-refractivity contribution is 5.54. The second-order valence-corrected chi connectivity index (χ2v) is 5.86. The summed E-state index contributed by atoms with van der Waals surface area (Å²) in [5, 5.41) is 0. The first-order valence-corrected chi connectivity index (χ1v) is 7.38. The van der Waals surface area contributed by atoms with Gasteiger partial charge in [-0.05, 0) is 55.9 Å². The van der Waals surface area contributed by atoms with Crippen LogP contribution in [0.3, 0.4) is 0 Å². The van der Waals surface area contributed by atoms with Gasteiger partial charge in [0, 0.05) is 31.9 Å². The summed E-state index contributed by atoms with van der Waals surface area (Å²) in [7, 11) is 1.75. The van der Waals surface area contributed by atoms with Crippen LogP contribution in [-0.4, -0.2) is 32.8 Å². The van der Waals surface area contributed by atoms with E-state index in [1.807, 2.05) is 13.0 Å². The second-order valence-electron chi connectivity index (χ2n) is 5.86. The number of halogens is 1. The molecule has 1 saturated heterocycles. The first-order chi connectivity index (χ1) is 9.60. The Labute approximate surface area is 120 Å². The Morgan fingerprint density at radius 1 is 1.50 bits per heavy atom. The van der Waals surface area contributed by atoms with Gasteiger partial charge >= 0.3 is 0 Å². The Kier molecular flexibility index (Phi) is 5.38. The van der Waals surface area contributed by atoms with Crippen LogP contribution >= 0.6 is 0 Å². The Morgan fingerprint density at radius 2 is 2.30 bits per heavy atom. The van der Waals surface area contributed by atoms with Gasteiger partial charge < -0.3 is 15.4 Å². The molecule has 0 aliphatic carbocycles. The van der Waals surface area contributed by atoms with Crippen LogP contribution in [0.1, 0.15) is 25.3 Å². The van der Waals surface area contributed by atoms with Crippen LogP contribution in [-0.2, 0) is 11.2 Å². The molecule has 4 heteroatoms. The third-order valence-corrected chi connectivity index (χ3v) is 3.85. The zero-order valence-electron chi connectivity index (χ0n) is 12.4. The van der Waals surface area contributed by atoms with Gasteiger partial charge in [-0.3, -0.25) is 0 Å². The maximum Gasteiger partial charge on any atom is 0.123 e. The van der Waals surface area contributed by atoms with Gasteiger partial charge in [0.1, 0.15) is 5.82 Å². The minimum atomic E-state index is -0.185.